The maximum Gasteiger partial charge on any atom is -0.0624 e. The number of nitrogens with zero attached hydrogens (tertiary/aromatic N) is 1. The maximum absolute atomic E-state index is 4.89. The molecule has 4 aromatic carbocycles. The van der Waals surface area contributed by atoms with Gasteiger partial charge in [0.05, 0.1) is 0 Å². The van der Waals surface area contributed by atoms with Gasteiger partial charge >= 0.3 is 35.6 Å². The Balaban J connectivity index is 0.000000163. The first-order chi connectivity index (χ1) is 12.3. The maximum atomic E-state index is 4.89. The second-order valence-electron chi connectivity index (χ2n) is 5.01. The second-order valence-corrected chi connectivity index (χ2v) is 7.59. The van der Waals surface area contributed by atoms with Crippen molar-refractivity contribution in [1.29, 1.82) is 0 Å². The van der Waals surface area contributed by atoms with Crippen molar-refractivity contribution in [2.75, 3.05) is 0 Å². The molecule has 4 rings (SSSR count). The molecule has 4 aromatic rings. The normalized spacial score (nSPS) is 9.20. The molecule has 126 valence electrons. The van der Waals surface area contributed by atoms with Gasteiger partial charge in [-0.1, -0.05) is 66.7 Å². The van der Waals surface area contributed by atoms with Crippen molar-refractivity contribution in [2.45, 2.75) is 0 Å². The van der Waals surface area contributed by atoms with Gasteiger partial charge in [-0.25, -0.2) is 0 Å². The molecule has 0 heterocycles. The Kier molecular flexibility index (Phi) is 9.32. The molecule has 0 aliphatic carbocycles. The molecule has 0 aromatic heterocycles. The minimum atomic E-state index is -0.556. The minimum absolute atomic E-state index is 0.556. The summed E-state index contributed by atoms with van der Waals surface area (Å²) < 4.78 is 0. The van der Waals surface area contributed by atoms with Crippen molar-refractivity contribution >= 4 is 40.8 Å². The quantitative estimate of drug-likeness (QED) is 0.239. The summed E-state index contributed by atoms with van der Waals surface area (Å²) in [6.45, 7) is 0. The third kappa shape index (κ3) is 7.42. The zero-order valence-corrected chi connectivity index (χ0v) is 16.6. The SMILES string of the molecule is [Cl][Ti][Cl].c1ccc([N-]c2ccccc2)cc1.c1ccc2[cH-]ccc2c1. The van der Waals surface area contributed by atoms with Crippen LogP contribution in [-0.2, 0) is 17.0 Å². The minimum Gasteiger partial charge on any atom is -0.658 e. The Labute approximate surface area is 165 Å². The van der Waals surface area contributed by atoms with Crippen molar-refractivity contribution in [2.24, 2.45) is 0 Å². The van der Waals surface area contributed by atoms with Crippen molar-refractivity contribution in [1.82, 2.24) is 0 Å². The topological polar surface area (TPSA) is 14.1 Å². The van der Waals surface area contributed by atoms with Crippen LogP contribution in [-0.4, -0.2) is 0 Å². The van der Waals surface area contributed by atoms with E-state index in [2.05, 4.69) is 47.8 Å². The van der Waals surface area contributed by atoms with E-state index in [0.717, 1.165) is 11.4 Å². The van der Waals surface area contributed by atoms with Crippen LogP contribution in [0.1, 0.15) is 0 Å². The van der Waals surface area contributed by atoms with Gasteiger partial charge in [0.15, 0.2) is 0 Å². The first-order valence-corrected chi connectivity index (χ1v) is 12.0. The van der Waals surface area contributed by atoms with Gasteiger partial charge in [0, 0.05) is 0 Å². The van der Waals surface area contributed by atoms with Crippen LogP contribution in [0.2, 0.25) is 0 Å². The molecule has 0 unspecified atom stereocenters. The molecule has 0 saturated heterocycles. The Morgan fingerprint density at radius 2 is 1.12 bits per heavy atom. The Bertz CT molecular complexity index is 764. The zero-order chi connectivity index (χ0) is 17.7. The van der Waals surface area contributed by atoms with Crippen molar-refractivity contribution in [3.05, 3.63) is 108 Å². The third-order valence-corrected chi connectivity index (χ3v) is 3.32. The van der Waals surface area contributed by atoms with Gasteiger partial charge in [-0.15, -0.1) is 41.0 Å². The van der Waals surface area contributed by atoms with Gasteiger partial charge in [-0.05, 0) is 0 Å². The van der Waals surface area contributed by atoms with Crippen molar-refractivity contribution in [3.8, 4) is 0 Å². The predicted octanol–water partition coefficient (Wildman–Crippen LogP) is 7.96. The van der Waals surface area contributed by atoms with Gasteiger partial charge < -0.3 is 5.32 Å². The number of benzene rings is 3. The number of halogens is 2. The van der Waals surface area contributed by atoms with Crippen LogP contribution in [0.5, 0.6) is 0 Å². The molecule has 0 atom stereocenters. The Hall–Kier alpha value is -1.64. The van der Waals surface area contributed by atoms with E-state index >= 15 is 0 Å². The van der Waals surface area contributed by atoms with E-state index in [9.17, 15) is 0 Å². The average molecular weight is 402 g/mol. The molecule has 25 heavy (non-hydrogen) atoms. The van der Waals surface area contributed by atoms with Crippen LogP contribution in [0, 0.1) is 0 Å². The summed E-state index contributed by atoms with van der Waals surface area (Å²) in [6, 6.07) is 34.6. The number of rotatable bonds is 2. The molecular weight excluding hydrogens is 385 g/mol. The number of hydrogen-bond acceptors (Lipinski definition) is 0. The first kappa shape index (κ1) is 19.7. The largest absolute Gasteiger partial charge is 0.658 e. The smallest absolute Gasteiger partial charge is 0.0624 e. The van der Waals surface area contributed by atoms with E-state index < -0.39 is 17.0 Å². The molecule has 4 heteroatoms. The van der Waals surface area contributed by atoms with Crippen LogP contribution >= 0.6 is 18.6 Å². The fourth-order valence-electron chi connectivity index (χ4n) is 2.22. The van der Waals surface area contributed by atoms with Crippen LogP contribution in [0.25, 0.3) is 16.1 Å². The average Bonchev–Trinajstić information content (AvgIpc) is 3.13. The van der Waals surface area contributed by atoms with Crippen LogP contribution in [0.3, 0.4) is 0 Å². The fourth-order valence-corrected chi connectivity index (χ4v) is 2.22. The van der Waals surface area contributed by atoms with E-state index in [-0.39, 0.29) is 0 Å². The number of hydrogen-bond donors (Lipinski definition) is 0. The molecule has 0 spiro atoms. The molecule has 0 N–H and O–H groups in total. The van der Waals surface area contributed by atoms with E-state index in [1.807, 2.05) is 60.7 Å². The monoisotopic (exact) mass is 401 g/mol. The van der Waals surface area contributed by atoms with Crippen LogP contribution < -0.4 is 0 Å². The molecule has 0 amide bonds. The summed E-state index contributed by atoms with van der Waals surface area (Å²) in [5.41, 5.74) is 1.99. The Morgan fingerprint density at radius 1 is 0.640 bits per heavy atom. The summed E-state index contributed by atoms with van der Waals surface area (Å²) >= 11 is -0.556. The molecule has 0 fully saturated rings. The molecular formula is C21H17Cl2NTi-2. The van der Waals surface area contributed by atoms with E-state index in [1.165, 1.54) is 10.8 Å². The molecule has 0 bridgehead atoms. The van der Waals surface area contributed by atoms with Crippen molar-refractivity contribution < 1.29 is 17.0 Å². The molecule has 0 radical (unpaired) electrons. The summed E-state index contributed by atoms with van der Waals surface area (Å²) in [5.74, 6) is 0. The number of fused-ring (bicyclic) bond motifs is 1. The second kappa shape index (κ2) is 11.8. The van der Waals surface area contributed by atoms with Gasteiger partial charge in [-0.3, -0.25) is 0 Å². The Morgan fingerprint density at radius 3 is 1.64 bits per heavy atom. The summed E-state index contributed by atoms with van der Waals surface area (Å²) in [7, 11) is 9.78. The molecule has 1 nitrogen and oxygen atoms in total. The third-order valence-electron chi connectivity index (χ3n) is 3.32. The summed E-state index contributed by atoms with van der Waals surface area (Å²) in [5, 5.41) is 7.10. The van der Waals surface area contributed by atoms with Gasteiger partial charge in [0.25, 0.3) is 0 Å². The van der Waals surface area contributed by atoms with E-state index in [4.69, 9.17) is 18.6 Å². The predicted molar refractivity (Wildman–Crippen MR) is 107 cm³/mol. The van der Waals surface area contributed by atoms with Crippen molar-refractivity contribution in [3.63, 3.8) is 0 Å². The van der Waals surface area contributed by atoms with Gasteiger partial charge in [0.1, 0.15) is 0 Å². The van der Waals surface area contributed by atoms with E-state index in [0.29, 0.717) is 0 Å². The number of para-hydroxylation sites is 2. The summed E-state index contributed by atoms with van der Waals surface area (Å²) in [6.07, 6.45) is 0. The van der Waals surface area contributed by atoms with Crippen LogP contribution in [0.4, 0.5) is 11.4 Å². The van der Waals surface area contributed by atoms with Gasteiger partial charge in [0.2, 0.25) is 0 Å². The first-order valence-electron chi connectivity index (χ1n) is 7.72. The molecule has 0 saturated carbocycles. The zero-order valence-electron chi connectivity index (χ0n) is 13.5. The summed E-state index contributed by atoms with van der Waals surface area (Å²) in [4.78, 5) is 0. The van der Waals surface area contributed by atoms with Crippen LogP contribution in [0.15, 0.2) is 103 Å². The van der Waals surface area contributed by atoms with Gasteiger partial charge in [-0.2, -0.15) is 17.5 Å². The van der Waals surface area contributed by atoms with E-state index in [1.54, 1.807) is 0 Å². The fraction of sp³-hybridized carbons (Fsp3) is 0. The standard InChI is InChI=1S/C12H10N.C9H7.2ClH.Ti/c1-3-7-11(8-4-1)13-12-9-5-2-6-10-12;1-2-5-9-7-3-6-8(9)4-1;;;/h1-10H;1-7H;2*1H;/q2*-1;;;+2/p-2. The molecule has 0 aliphatic heterocycles. The molecule has 0 aliphatic rings.